The lowest BCUT2D eigenvalue weighted by Gasteiger charge is -2.09. The van der Waals surface area contributed by atoms with Crippen LogP contribution < -0.4 is 10.6 Å². The normalized spacial score (nSPS) is 12.0. The van der Waals surface area contributed by atoms with E-state index < -0.39 is 40.9 Å². The molecule has 0 aromatic carbocycles. The van der Waals surface area contributed by atoms with Crippen molar-refractivity contribution >= 4 is 46.6 Å². The van der Waals surface area contributed by atoms with Gasteiger partial charge in [0.15, 0.2) is 0 Å². The first-order valence-electron chi connectivity index (χ1n) is 9.76. The highest BCUT2D eigenvalue weighted by Crippen LogP contribution is 2.01. The molecule has 0 fully saturated rings. The van der Waals surface area contributed by atoms with Crippen molar-refractivity contribution in [3.8, 4) is 0 Å². The largest absolute Gasteiger partial charge is 0.469 e. The van der Waals surface area contributed by atoms with Gasteiger partial charge in [-0.15, -0.1) is 0 Å². The summed E-state index contributed by atoms with van der Waals surface area (Å²) in [6.07, 6.45) is 0.517. The molecule has 0 radical (unpaired) electrons. The van der Waals surface area contributed by atoms with E-state index in [0.717, 1.165) is 0 Å². The molecule has 12 nitrogen and oxygen atoms in total. The van der Waals surface area contributed by atoms with Crippen LogP contribution in [0.25, 0.3) is 0 Å². The maximum absolute atomic E-state index is 11.2. The Bertz CT molecular complexity index is 642. The Labute approximate surface area is 199 Å². The van der Waals surface area contributed by atoms with Crippen LogP contribution in [0.5, 0.6) is 0 Å². The predicted octanol–water partition coefficient (Wildman–Crippen LogP) is 0.193. The summed E-state index contributed by atoms with van der Waals surface area (Å²) in [5.41, 5.74) is 0. The Balaban J connectivity index is -0.000000433. The third-order valence-corrected chi connectivity index (χ3v) is 4.22. The van der Waals surface area contributed by atoms with Crippen LogP contribution in [0.1, 0.15) is 33.6 Å². The van der Waals surface area contributed by atoms with Crippen molar-refractivity contribution in [2.75, 3.05) is 42.0 Å². The average Bonchev–Trinajstić information content (AvgIpc) is 2.81. The molecule has 0 aliphatic rings. The summed E-state index contributed by atoms with van der Waals surface area (Å²) in [4.78, 5) is 64.0. The second kappa shape index (κ2) is 21.1. The summed E-state index contributed by atoms with van der Waals surface area (Å²) in [7, 11) is 6.89. The highest BCUT2D eigenvalue weighted by Gasteiger charge is 2.21. The minimum absolute atomic E-state index is 0.0795. The zero-order valence-corrected chi connectivity index (χ0v) is 21.1. The van der Waals surface area contributed by atoms with Crippen LogP contribution in [0.2, 0.25) is 0 Å². The van der Waals surface area contributed by atoms with E-state index in [9.17, 15) is 28.8 Å². The summed E-state index contributed by atoms with van der Waals surface area (Å²) < 4.78 is 17.4. The van der Waals surface area contributed by atoms with Gasteiger partial charge in [0.05, 0.1) is 41.3 Å². The van der Waals surface area contributed by atoms with E-state index in [-0.39, 0.29) is 25.0 Å². The lowest BCUT2D eigenvalue weighted by atomic mass is 10.1. The molecule has 0 aliphatic carbocycles. The van der Waals surface area contributed by atoms with Crippen molar-refractivity contribution in [1.82, 2.24) is 10.6 Å². The molecule has 0 aromatic heterocycles. The first-order chi connectivity index (χ1) is 15.3. The molecular formula is C20H35ClN2O10. The van der Waals surface area contributed by atoms with Gasteiger partial charge in [-0.25, -0.2) is 0 Å². The van der Waals surface area contributed by atoms with Gasteiger partial charge < -0.3 is 29.6 Å². The molecule has 13 heteroatoms. The number of amides is 1. The topological polar surface area (TPSA) is 163 Å². The zero-order valence-electron chi connectivity index (χ0n) is 20.3. The highest BCUT2D eigenvalue weighted by molar-refractivity contribution is 6.65. The average molecular weight is 499 g/mol. The number of halogens is 1. The van der Waals surface area contributed by atoms with Gasteiger partial charge in [-0.3, -0.25) is 28.8 Å². The highest BCUT2D eigenvalue weighted by atomic mass is 35.5. The van der Waals surface area contributed by atoms with E-state index in [4.69, 9.17) is 11.6 Å². The van der Waals surface area contributed by atoms with Crippen LogP contribution in [-0.2, 0) is 47.7 Å². The summed E-state index contributed by atoms with van der Waals surface area (Å²) in [6, 6.07) is 0.206. The molecule has 0 rings (SSSR count). The van der Waals surface area contributed by atoms with Crippen LogP contribution in [-0.4, -0.2) is 83.1 Å². The molecule has 0 heterocycles. The van der Waals surface area contributed by atoms with Crippen LogP contribution in [0.3, 0.4) is 0 Å². The molecule has 0 aliphatic heterocycles. The fourth-order valence-electron chi connectivity index (χ4n) is 1.53. The quantitative estimate of drug-likeness (QED) is 0.183. The Kier molecular flexibility index (Phi) is 22.3. The van der Waals surface area contributed by atoms with Gasteiger partial charge in [0.1, 0.15) is 11.8 Å². The minimum atomic E-state index is -0.868. The molecule has 192 valence electrons. The van der Waals surface area contributed by atoms with Gasteiger partial charge in [0.2, 0.25) is 11.1 Å². The maximum atomic E-state index is 11.2. The second-order valence-corrected chi connectivity index (χ2v) is 6.75. The van der Waals surface area contributed by atoms with Gasteiger partial charge in [-0.1, -0.05) is 0 Å². The number of rotatable bonds is 10. The molecule has 33 heavy (non-hydrogen) atoms. The summed E-state index contributed by atoms with van der Waals surface area (Å²) in [5.74, 6) is -3.98. The zero-order chi connectivity index (χ0) is 26.6. The van der Waals surface area contributed by atoms with Crippen molar-refractivity contribution < 1.29 is 47.7 Å². The Hall–Kier alpha value is -2.73. The molecule has 2 N–H and O–H groups in total. The van der Waals surface area contributed by atoms with Crippen molar-refractivity contribution in [1.29, 1.82) is 0 Å². The van der Waals surface area contributed by atoms with Gasteiger partial charge in [-0.05, 0) is 39.4 Å². The van der Waals surface area contributed by atoms with Crippen molar-refractivity contribution in [2.45, 2.75) is 39.7 Å². The molecule has 0 saturated carbocycles. The van der Waals surface area contributed by atoms with E-state index in [1.807, 2.05) is 14.0 Å². The fourth-order valence-corrected chi connectivity index (χ4v) is 1.62. The van der Waals surface area contributed by atoms with Crippen molar-refractivity contribution in [3.63, 3.8) is 0 Å². The number of esters is 4. The van der Waals surface area contributed by atoms with Gasteiger partial charge >= 0.3 is 23.9 Å². The number of nitrogens with one attached hydrogen (secondary N) is 2. The maximum Gasteiger partial charge on any atom is 0.317 e. The monoisotopic (exact) mass is 498 g/mol. The van der Waals surface area contributed by atoms with E-state index in [1.54, 1.807) is 0 Å². The SMILES string of the molecule is CNC(C)CC(=O)OC.COC(=O)C(C)C(=O)Cl.COC(=O)CCNC(=O)C(C)C(=O)OC. The van der Waals surface area contributed by atoms with E-state index in [1.165, 1.54) is 42.3 Å². The predicted molar refractivity (Wildman–Crippen MR) is 118 cm³/mol. The van der Waals surface area contributed by atoms with E-state index in [2.05, 4.69) is 29.6 Å². The molecule has 3 atom stereocenters. The van der Waals surface area contributed by atoms with E-state index in [0.29, 0.717) is 6.42 Å². The third kappa shape index (κ3) is 19.7. The minimum Gasteiger partial charge on any atom is -0.469 e. The lowest BCUT2D eigenvalue weighted by molar-refractivity contribution is -0.150. The van der Waals surface area contributed by atoms with Gasteiger partial charge in [0.25, 0.3) is 0 Å². The van der Waals surface area contributed by atoms with Crippen LogP contribution in [0.15, 0.2) is 0 Å². The molecule has 0 saturated heterocycles. The molecule has 1 amide bonds. The van der Waals surface area contributed by atoms with E-state index >= 15 is 0 Å². The smallest absolute Gasteiger partial charge is 0.317 e. The molecule has 0 bridgehead atoms. The van der Waals surface area contributed by atoms with Gasteiger partial charge in [-0.2, -0.15) is 0 Å². The summed E-state index contributed by atoms with van der Waals surface area (Å²) >= 11 is 4.96. The van der Waals surface area contributed by atoms with Crippen LogP contribution in [0, 0.1) is 11.8 Å². The van der Waals surface area contributed by atoms with Crippen molar-refractivity contribution in [2.24, 2.45) is 11.8 Å². The fraction of sp³-hybridized carbons (Fsp3) is 0.700. The molecule has 0 spiro atoms. The number of hydrogen-bond donors (Lipinski definition) is 2. The Morgan fingerprint density at radius 1 is 0.758 bits per heavy atom. The molecule has 0 aromatic rings. The van der Waals surface area contributed by atoms with Crippen molar-refractivity contribution in [3.05, 3.63) is 0 Å². The summed E-state index contributed by atoms with van der Waals surface area (Å²) in [5, 5.41) is 4.66. The molecular weight excluding hydrogens is 464 g/mol. The number of hydrogen-bond acceptors (Lipinski definition) is 11. The molecule has 3 unspecified atom stereocenters. The number of methoxy groups -OCH3 is 4. The Morgan fingerprint density at radius 2 is 1.21 bits per heavy atom. The summed E-state index contributed by atoms with van der Waals surface area (Å²) in [6.45, 7) is 4.89. The standard InChI is InChI=1S/C9H15NO5.C6H13NO2.C5H7ClO3/c1-6(9(13)15-3)8(12)10-5-4-7(11)14-2;1-5(7-2)4-6(8)9-3;1-3(4(6)7)5(8)9-2/h6H,4-5H2,1-3H3,(H,10,12);5,7H,4H2,1-3H3;3H,1-2H3. The Morgan fingerprint density at radius 3 is 1.55 bits per heavy atom. The number of carbonyl (C=O) groups is 6. The number of carbonyl (C=O) groups excluding carboxylic acids is 6. The van der Waals surface area contributed by atoms with Crippen LogP contribution in [0.4, 0.5) is 0 Å². The number of ether oxygens (including phenoxy) is 4. The first-order valence-corrected chi connectivity index (χ1v) is 10.1. The lowest BCUT2D eigenvalue weighted by Crippen LogP contribution is -2.35. The second-order valence-electron chi connectivity index (χ2n) is 6.38. The third-order valence-electron chi connectivity index (χ3n) is 3.89. The first kappa shape index (κ1) is 34.9. The van der Waals surface area contributed by atoms with Crippen LogP contribution >= 0.6 is 11.6 Å². The van der Waals surface area contributed by atoms with Gasteiger partial charge in [0, 0.05) is 12.6 Å².